The van der Waals surface area contributed by atoms with Crippen LogP contribution in [0.25, 0.3) is 0 Å². The van der Waals surface area contributed by atoms with Crippen LogP contribution in [0.1, 0.15) is 15.9 Å². The molecular formula is C14H11BrN4O. The Kier molecular flexibility index (Phi) is 3.91. The summed E-state index contributed by atoms with van der Waals surface area (Å²) < 4.78 is 0.816. The number of nitrogens with two attached hydrogens (primary N) is 2. The minimum Gasteiger partial charge on any atom is -0.397 e. The number of benzene rings is 2. The number of halogens is 1. The fourth-order valence-corrected chi connectivity index (χ4v) is 2.05. The molecule has 100 valence electrons. The average Bonchev–Trinajstić information content (AvgIpc) is 2.42. The van der Waals surface area contributed by atoms with Crippen molar-refractivity contribution in [2.24, 2.45) is 5.73 Å². The van der Waals surface area contributed by atoms with Crippen molar-refractivity contribution in [3.8, 4) is 6.07 Å². The van der Waals surface area contributed by atoms with Crippen LogP contribution in [0, 0.1) is 11.3 Å². The molecular weight excluding hydrogens is 320 g/mol. The van der Waals surface area contributed by atoms with Gasteiger partial charge in [-0.2, -0.15) is 5.26 Å². The molecule has 20 heavy (non-hydrogen) atoms. The van der Waals surface area contributed by atoms with E-state index < -0.39 is 5.91 Å². The fourth-order valence-electron chi connectivity index (χ4n) is 1.69. The highest BCUT2D eigenvalue weighted by atomic mass is 79.9. The highest BCUT2D eigenvalue weighted by Crippen LogP contribution is 2.27. The largest absolute Gasteiger partial charge is 0.397 e. The van der Waals surface area contributed by atoms with Gasteiger partial charge in [0.25, 0.3) is 0 Å². The van der Waals surface area contributed by atoms with Crippen LogP contribution in [-0.4, -0.2) is 5.91 Å². The smallest absolute Gasteiger partial charge is 0.248 e. The number of anilines is 3. The molecule has 0 unspecified atom stereocenters. The number of nitrogen functional groups attached to an aromatic ring is 1. The average molecular weight is 331 g/mol. The molecule has 0 saturated heterocycles. The summed E-state index contributed by atoms with van der Waals surface area (Å²) in [7, 11) is 0. The summed E-state index contributed by atoms with van der Waals surface area (Å²) in [6.45, 7) is 0. The van der Waals surface area contributed by atoms with Crippen LogP contribution in [-0.2, 0) is 0 Å². The molecule has 5 nitrogen and oxygen atoms in total. The summed E-state index contributed by atoms with van der Waals surface area (Å²) in [5.74, 6) is -0.537. The number of nitriles is 1. The SMILES string of the molecule is N#Cc1cc(Br)ccc1Nc1ccc(C(N)=O)cc1N. The van der Waals surface area contributed by atoms with Gasteiger partial charge >= 0.3 is 0 Å². The lowest BCUT2D eigenvalue weighted by Gasteiger charge is -2.11. The normalized spacial score (nSPS) is 9.80. The number of carbonyl (C=O) groups excluding carboxylic acids is 1. The Morgan fingerprint density at radius 2 is 1.90 bits per heavy atom. The standard InChI is InChI=1S/C14H11BrN4O/c15-10-2-4-12(9(5-10)7-16)19-13-3-1-8(14(18)20)6-11(13)17/h1-6,19H,17H2,(H2,18,20). The molecule has 6 heteroatoms. The molecule has 0 aliphatic carbocycles. The molecule has 1 amide bonds. The predicted molar refractivity (Wildman–Crippen MR) is 81.5 cm³/mol. The Balaban J connectivity index is 2.36. The first-order valence-electron chi connectivity index (χ1n) is 5.67. The van der Waals surface area contributed by atoms with E-state index in [2.05, 4.69) is 27.3 Å². The van der Waals surface area contributed by atoms with Gasteiger partial charge < -0.3 is 16.8 Å². The highest BCUT2D eigenvalue weighted by Gasteiger charge is 2.08. The van der Waals surface area contributed by atoms with E-state index in [1.165, 1.54) is 6.07 Å². The van der Waals surface area contributed by atoms with Crippen molar-refractivity contribution in [2.45, 2.75) is 0 Å². The van der Waals surface area contributed by atoms with Gasteiger partial charge in [0.05, 0.1) is 22.6 Å². The van der Waals surface area contributed by atoms with E-state index in [9.17, 15) is 4.79 Å². The Morgan fingerprint density at radius 1 is 1.20 bits per heavy atom. The molecule has 0 aromatic heterocycles. The molecule has 2 aromatic carbocycles. The van der Waals surface area contributed by atoms with Gasteiger partial charge in [-0.15, -0.1) is 0 Å². The van der Waals surface area contributed by atoms with Gasteiger partial charge in [-0.25, -0.2) is 0 Å². The number of hydrogen-bond donors (Lipinski definition) is 3. The predicted octanol–water partition coefficient (Wildman–Crippen LogP) is 2.75. The minimum absolute atomic E-state index is 0.337. The number of rotatable bonds is 3. The highest BCUT2D eigenvalue weighted by molar-refractivity contribution is 9.10. The zero-order valence-corrected chi connectivity index (χ0v) is 11.9. The van der Waals surface area contributed by atoms with Crippen LogP contribution in [0.15, 0.2) is 40.9 Å². The van der Waals surface area contributed by atoms with Crippen molar-refractivity contribution < 1.29 is 4.79 Å². The number of amides is 1. The molecule has 2 rings (SSSR count). The van der Waals surface area contributed by atoms with Crippen molar-refractivity contribution >= 4 is 38.9 Å². The number of nitrogens with zero attached hydrogens (tertiary/aromatic N) is 1. The molecule has 0 atom stereocenters. The van der Waals surface area contributed by atoms with E-state index in [0.29, 0.717) is 28.2 Å². The molecule has 0 bridgehead atoms. The molecule has 0 aliphatic rings. The van der Waals surface area contributed by atoms with Crippen molar-refractivity contribution in [1.29, 1.82) is 5.26 Å². The monoisotopic (exact) mass is 330 g/mol. The molecule has 0 radical (unpaired) electrons. The maximum atomic E-state index is 11.1. The number of nitrogens with one attached hydrogen (secondary N) is 1. The van der Waals surface area contributed by atoms with Crippen LogP contribution < -0.4 is 16.8 Å². The Bertz CT molecular complexity index is 722. The third-order valence-corrected chi connectivity index (χ3v) is 3.20. The summed E-state index contributed by atoms with van der Waals surface area (Å²) in [5, 5.41) is 12.2. The van der Waals surface area contributed by atoms with Gasteiger partial charge in [-0.1, -0.05) is 15.9 Å². The summed E-state index contributed by atoms with van der Waals surface area (Å²) in [5.41, 5.74) is 13.5. The molecule has 2 aromatic rings. The maximum absolute atomic E-state index is 11.1. The molecule has 0 spiro atoms. The second-order valence-electron chi connectivity index (χ2n) is 4.09. The van der Waals surface area contributed by atoms with Gasteiger partial charge in [-0.05, 0) is 36.4 Å². The number of hydrogen-bond acceptors (Lipinski definition) is 4. The first-order chi connectivity index (χ1) is 9.51. The third kappa shape index (κ3) is 2.90. The summed E-state index contributed by atoms with van der Waals surface area (Å²) in [4.78, 5) is 11.1. The Hall–Kier alpha value is -2.52. The number of primary amides is 1. The summed E-state index contributed by atoms with van der Waals surface area (Å²) in [6.07, 6.45) is 0. The van der Waals surface area contributed by atoms with Crippen molar-refractivity contribution in [3.05, 3.63) is 52.0 Å². The van der Waals surface area contributed by atoms with E-state index in [1.54, 1.807) is 24.3 Å². The van der Waals surface area contributed by atoms with Gasteiger partial charge in [0.1, 0.15) is 6.07 Å². The Labute approximate surface area is 124 Å². The zero-order valence-electron chi connectivity index (χ0n) is 10.4. The molecule has 5 N–H and O–H groups in total. The molecule has 0 aliphatic heterocycles. The van der Waals surface area contributed by atoms with E-state index >= 15 is 0 Å². The van der Waals surface area contributed by atoms with Gasteiger partial charge in [0, 0.05) is 10.0 Å². The minimum atomic E-state index is -0.537. The van der Waals surface area contributed by atoms with E-state index in [1.807, 2.05) is 6.07 Å². The lowest BCUT2D eigenvalue weighted by Crippen LogP contribution is -2.11. The third-order valence-electron chi connectivity index (χ3n) is 2.71. The molecule has 0 fully saturated rings. The second-order valence-corrected chi connectivity index (χ2v) is 5.01. The van der Waals surface area contributed by atoms with Crippen molar-refractivity contribution in [3.63, 3.8) is 0 Å². The first-order valence-corrected chi connectivity index (χ1v) is 6.46. The first kappa shape index (κ1) is 13.9. The molecule has 0 heterocycles. The van der Waals surface area contributed by atoms with Gasteiger partial charge in [0.2, 0.25) is 5.91 Å². The van der Waals surface area contributed by atoms with Crippen LogP contribution in [0.4, 0.5) is 17.1 Å². The maximum Gasteiger partial charge on any atom is 0.248 e. The fraction of sp³-hybridized carbons (Fsp3) is 0. The number of carbonyl (C=O) groups is 1. The van der Waals surface area contributed by atoms with E-state index in [-0.39, 0.29) is 0 Å². The topological polar surface area (TPSA) is 105 Å². The van der Waals surface area contributed by atoms with Crippen LogP contribution in [0.5, 0.6) is 0 Å². The van der Waals surface area contributed by atoms with Crippen molar-refractivity contribution in [2.75, 3.05) is 11.1 Å². The van der Waals surface area contributed by atoms with Crippen LogP contribution in [0.2, 0.25) is 0 Å². The van der Waals surface area contributed by atoms with E-state index in [4.69, 9.17) is 16.7 Å². The van der Waals surface area contributed by atoms with Crippen LogP contribution in [0.3, 0.4) is 0 Å². The van der Waals surface area contributed by atoms with Gasteiger partial charge in [-0.3, -0.25) is 4.79 Å². The van der Waals surface area contributed by atoms with E-state index in [0.717, 1.165) is 4.47 Å². The Morgan fingerprint density at radius 3 is 2.50 bits per heavy atom. The zero-order chi connectivity index (χ0) is 14.7. The van der Waals surface area contributed by atoms with Gasteiger partial charge in [0.15, 0.2) is 0 Å². The summed E-state index contributed by atoms with van der Waals surface area (Å²) in [6, 6.07) is 12.1. The molecule has 0 saturated carbocycles. The lowest BCUT2D eigenvalue weighted by atomic mass is 10.1. The van der Waals surface area contributed by atoms with Crippen LogP contribution >= 0.6 is 15.9 Å². The lowest BCUT2D eigenvalue weighted by molar-refractivity contribution is 0.100. The quantitative estimate of drug-likeness (QED) is 0.752. The van der Waals surface area contributed by atoms with Crippen molar-refractivity contribution in [1.82, 2.24) is 0 Å². The summed E-state index contributed by atoms with van der Waals surface area (Å²) >= 11 is 3.31. The second kappa shape index (κ2) is 5.63.